The second-order valence-corrected chi connectivity index (χ2v) is 6.32. The number of rotatable bonds is 5. The van der Waals surface area contributed by atoms with Gasteiger partial charge in [0, 0.05) is 30.5 Å². The summed E-state index contributed by atoms with van der Waals surface area (Å²) in [4.78, 5) is 11.4. The lowest BCUT2D eigenvalue weighted by Crippen LogP contribution is -2.02. The van der Waals surface area contributed by atoms with Crippen LogP contribution in [0.25, 0.3) is 11.2 Å². The average Bonchev–Trinajstić information content (AvgIpc) is 3.01. The van der Waals surface area contributed by atoms with Crippen molar-refractivity contribution in [1.29, 1.82) is 0 Å². The van der Waals surface area contributed by atoms with E-state index in [-0.39, 0.29) is 18.8 Å². The molecule has 0 amide bonds. The summed E-state index contributed by atoms with van der Waals surface area (Å²) in [6.45, 7) is 3.59. The number of nitrogens with zero attached hydrogens (tertiary/aromatic N) is 3. The van der Waals surface area contributed by atoms with Gasteiger partial charge in [0.05, 0.1) is 7.11 Å². The highest BCUT2D eigenvalue weighted by atomic mass is 19.3. The molecule has 2 heterocycles. The summed E-state index contributed by atoms with van der Waals surface area (Å²) < 4.78 is 32.6. The minimum absolute atomic E-state index is 0.0757. The summed E-state index contributed by atoms with van der Waals surface area (Å²) in [5.41, 5.74) is 2.96. The number of fused-ring (bicyclic) bond motifs is 1. The van der Waals surface area contributed by atoms with Gasteiger partial charge in [0.2, 0.25) is 0 Å². The second-order valence-electron chi connectivity index (χ2n) is 6.32. The summed E-state index contributed by atoms with van der Waals surface area (Å²) in [5, 5.41) is 8.12. The third-order valence-corrected chi connectivity index (χ3v) is 4.41. The van der Waals surface area contributed by atoms with Crippen molar-refractivity contribution in [3.05, 3.63) is 47.4 Å². The van der Waals surface area contributed by atoms with Crippen LogP contribution in [-0.4, -0.2) is 33.6 Å². The van der Waals surface area contributed by atoms with Crippen LogP contribution >= 0.6 is 0 Å². The number of hydrogen-bond donors (Lipinski definition) is 0. The zero-order valence-electron chi connectivity index (χ0n) is 14.3. The number of carbonyl (C=O) groups excluding carboxylic acids is 1. The second kappa shape index (κ2) is 6.38. The van der Waals surface area contributed by atoms with Gasteiger partial charge >= 0.3 is 5.97 Å². The molecule has 2 aromatic rings. The van der Waals surface area contributed by atoms with Crippen molar-refractivity contribution in [2.45, 2.75) is 32.6 Å². The van der Waals surface area contributed by atoms with E-state index in [1.807, 2.05) is 25.1 Å². The van der Waals surface area contributed by atoms with Crippen LogP contribution in [0.1, 0.15) is 31.7 Å². The monoisotopic (exact) mass is 347 g/mol. The lowest BCUT2D eigenvalue weighted by Gasteiger charge is -2.04. The molecular formula is C18H19F2N3O2. The molecule has 1 fully saturated rings. The molecule has 1 atom stereocenters. The molecule has 0 radical (unpaired) electrons. The quantitative estimate of drug-likeness (QED) is 0.472. The van der Waals surface area contributed by atoms with Crippen LogP contribution < -0.4 is 0 Å². The van der Waals surface area contributed by atoms with Gasteiger partial charge in [0.25, 0.3) is 5.92 Å². The maximum Gasteiger partial charge on any atom is 0.333 e. The van der Waals surface area contributed by atoms with Crippen molar-refractivity contribution in [2.75, 3.05) is 7.11 Å². The molecule has 0 aliphatic heterocycles. The van der Waals surface area contributed by atoms with Gasteiger partial charge in [-0.25, -0.2) is 13.6 Å². The van der Waals surface area contributed by atoms with Crippen LogP contribution in [0.2, 0.25) is 0 Å². The fraction of sp³-hybridized carbons (Fsp3) is 0.389. The Balaban J connectivity index is 1.81. The molecule has 2 aromatic heterocycles. The Morgan fingerprint density at radius 2 is 2.12 bits per heavy atom. The highest BCUT2D eigenvalue weighted by Gasteiger charge is 2.56. The topological polar surface area (TPSA) is 56.5 Å². The molecule has 1 saturated carbocycles. The van der Waals surface area contributed by atoms with E-state index in [9.17, 15) is 13.6 Å². The molecule has 25 heavy (non-hydrogen) atoms. The van der Waals surface area contributed by atoms with Gasteiger partial charge in [-0.1, -0.05) is 12.2 Å². The number of pyridine rings is 1. The van der Waals surface area contributed by atoms with E-state index in [1.165, 1.54) is 7.11 Å². The van der Waals surface area contributed by atoms with E-state index in [0.717, 1.165) is 11.1 Å². The Hall–Kier alpha value is -2.57. The molecular weight excluding hydrogens is 328 g/mol. The molecule has 1 aliphatic rings. The summed E-state index contributed by atoms with van der Waals surface area (Å²) in [7, 11) is 1.34. The molecule has 7 heteroatoms. The molecule has 0 saturated heterocycles. The summed E-state index contributed by atoms with van der Waals surface area (Å²) in [6, 6.07) is 3.72. The van der Waals surface area contributed by atoms with Crippen molar-refractivity contribution in [2.24, 2.45) is 5.92 Å². The van der Waals surface area contributed by atoms with E-state index < -0.39 is 11.8 Å². The Morgan fingerprint density at radius 3 is 2.76 bits per heavy atom. The first kappa shape index (κ1) is 17.3. The summed E-state index contributed by atoms with van der Waals surface area (Å²) in [6.07, 6.45) is 5.45. The molecule has 0 N–H and O–H groups in total. The van der Waals surface area contributed by atoms with Crippen molar-refractivity contribution in [3.63, 3.8) is 0 Å². The van der Waals surface area contributed by atoms with Gasteiger partial charge in [0.1, 0.15) is 5.82 Å². The molecule has 0 spiro atoms. The first-order valence-electron chi connectivity index (χ1n) is 7.97. The Bertz CT molecular complexity index is 884. The maximum absolute atomic E-state index is 13.1. The van der Waals surface area contributed by atoms with Crippen molar-refractivity contribution >= 4 is 17.2 Å². The Labute approximate surface area is 144 Å². The number of ether oxygens (including phenoxy) is 1. The SMILES string of the molecule is COC(=O)/C(C)=C/C=C(\C)c1ccn2c(CC3CC3(F)F)nnc2c1. The first-order valence-corrected chi connectivity index (χ1v) is 7.97. The van der Waals surface area contributed by atoms with Gasteiger partial charge in [0.15, 0.2) is 5.65 Å². The molecule has 5 nitrogen and oxygen atoms in total. The van der Waals surface area contributed by atoms with Gasteiger partial charge in [-0.05, 0) is 37.1 Å². The van der Waals surface area contributed by atoms with Crippen molar-refractivity contribution in [3.8, 4) is 0 Å². The van der Waals surface area contributed by atoms with Crippen LogP contribution in [0.5, 0.6) is 0 Å². The Morgan fingerprint density at radius 1 is 1.40 bits per heavy atom. The molecule has 1 aliphatic carbocycles. The number of allylic oxidation sites excluding steroid dienone is 3. The lowest BCUT2D eigenvalue weighted by molar-refractivity contribution is -0.136. The highest BCUT2D eigenvalue weighted by molar-refractivity contribution is 5.88. The predicted molar refractivity (Wildman–Crippen MR) is 89.2 cm³/mol. The molecule has 0 aromatic carbocycles. The molecule has 132 valence electrons. The fourth-order valence-corrected chi connectivity index (χ4v) is 2.61. The van der Waals surface area contributed by atoms with Crippen molar-refractivity contribution in [1.82, 2.24) is 14.6 Å². The highest BCUT2D eigenvalue weighted by Crippen LogP contribution is 2.50. The third-order valence-electron chi connectivity index (χ3n) is 4.41. The van der Waals surface area contributed by atoms with Crippen molar-refractivity contribution < 1.29 is 18.3 Å². The minimum atomic E-state index is -2.56. The first-order chi connectivity index (χ1) is 11.8. The number of aromatic nitrogens is 3. The molecule has 0 bridgehead atoms. The van der Waals surface area contributed by atoms with Crippen LogP contribution in [0.4, 0.5) is 8.78 Å². The summed E-state index contributed by atoms with van der Waals surface area (Å²) >= 11 is 0. The number of carbonyl (C=O) groups is 1. The van der Waals surface area contributed by atoms with Crippen LogP contribution in [0, 0.1) is 5.92 Å². The number of alkyl halides is 2. The van der Waals surface area contributed by atoms with Crippen LogP contribution in [0.3, 0.4) is 0 Å². The normalized spacial score (nSPS) is 20.0. The molecule has 1 unspecified atom stereocenters. The van der Waals surface area contributed by atoms with E-state index in [1.54, 1.807) is 23.6 Å². The van der Waals surface area contributed by atoms with Crippen LogP contribution in [-0.2, 0) is 16.0 Å². The van der Waals surface area contributed by atoms with Gasteiger partial charge < -0.3 is 4.74 Å². The van der Waals surface area contributed by atoms with Crippen LogP contribution in [0.15, 0.2) is 36.1 Å². The number of halogens is 2. The largest absolute Gasteiger partial charge is 0.466 e. The maximum atomic E-state index is 13.1. The number of esters is 1. The predicted octanol–water partition coefficient (Wildman–Crippen LogP) is 3.45. The third kappa shape index (κ3) is 3.60. The van der Waals surface area contributed by atoms with Gasteiger partial charge in [-0.15, -0.1) is 10.2 Å². The molecule has 3 rings (SSSR count). The van der Waals surface area contributed by atoms with E-state index in [2.05, 4.69) is 14.9 Å². The van der Waals surface area contributed by atoms with E-state index in [4.69, 9.17) is 0 Å². The summed E-state index contributed by atoms with van der Waals surface area (Å²) in [5.74, 6) is -3.02. The minimum Gasteiger partial charge on any atom is -0.466 e. The smallest absolute Gasteiger partial charge is 0.333 e. The zero-order valence-corrected chi connectivity index (χ0v) is 14.3. The lowest BCUT2D eigenvalue weighted by atomic mass is 10.1. The fourth-order valence-electron chi connectivity index (χ4n) is 2.61. The average molecular weight is 347 g/mol. The van der Waals surface area contributed by atoms with Gasteiger partial charge in [-0.2, -0.15) is 0 Å². The number of methoxy groups -OCH3 is 1. The standard InChI is InChI=1S/C18H19F2N3O2/c1-11(4-5-12(2)17(24)25-3)13-6-7-23-15(8-13)21-22-16(23)9-14-10-18(14,19)20/h4-8,14H,9-10H2,1-3H3/b11-4+,12-5+. The van der Waals surface area contributed by atoms with E-state index >= 15 is 0 Å². The Kier molecular flexibility index (Phi) is 4.41. The number of hydrogen-bond acceptors (Lipinski definition) is 4. The van der Waals surface area contributed by atoms with Gasteiger partial charge in [-0.3, -0.25) is 4.40 Å². The van der Waals surface area contributed by atoms with E-state index in [0.29, 0.717) is 17.0 Å². The zero-order chi connectivity index (χ0) is 18.2.